The Balaban J connectivity index is 1.62. The Morgan fingerprint density at radius 1 is 1.13 bits per heavy atom. The molecule has 0 atom stereocenters. The summed E-state index contributed by atoms with van der Waals surface area (Å²) in [5.41, 5.74) is 0.835. The lowest BCUT2D eigenvalue weighted by molar-refractivity contribution is -0.130. The summed E-state index contributed by atoms with van der Waals surface area (Å²) < 4.78 is 21.0. The summed E-state index contributed by atoms with van der Waals surface area (Å²) >= 11 is 12.2. The molecule has 0 spiro atoms. The zero-order valence-electron chi connectivity index (χ0n) is 15.9. The molecule has 2 heterocycles. The van der Waals surface area contributed by atoms with Gasteiger partial charge in [0.2, 0.25) is 0 Å². The molecule has 0 saturated heterocycles. The quantitative estimate of drug-likeness (QED) is 0.298. The molecular weight excluding hydrogens is 445 g/mol. The van der Waals surface area contributed by atoms with E-state index in [1.807, 2.05) is 0 Å². The van der Waals surface area contributed by atoms with Gasteiger partial charge < -0.3 is 18.6 Å². The molecule has 0 bridgehead atoms. The van der Waals surface area contributed by atoms with Gasteiger partial charge in [-0.25, -0.2) is 14.6 Å². The molecule has 0 fully saturated rings. The molecular formula is C22H13Cl2NO6. The lowest BCUT2D eigenvalue weighted by Crippen LogP contribution is -2.09. The zero-order valence-corrected chi connectivity index (χ0v) is 17.4. The summed E-state index contributed by atoms with van der Waals surface area (Å²) in [5, 5.41) is 0.600. The first kappa shape index (κ1) is 20.7. The molecule has 0 radical (unpaired) electrons. The van der Waals surface area contributed by atoms with Gasteiger partial charge in [-0.1, -0.05) is 23.2 Å². The SMILES string of the molecule is COc1cc(/C=C2\N=C(c3ccco3)OC2=O)cc(Cl)c1OC(=O)c1ccc(Cl)cc1. The molecule has 9 heteroatoms. The summed E-state index contributed by atoms with van der Waals surface area (Å²) in [6, 6.07) is 12.6. The first-order valence-electron chi connectivity index (χ1n) is 8.86. The second-order valence-corrected chi connectivity index (χ2v) is 7.09. The van der Waals surface area contributed by atoms with E-state index in [2.05, 4.69) is 4.99 Å². The highest BCUT2D eigenvalue weighted by Gasteiger charge is 2.26. The van der Waals surface area contributed by atoms with Gasteiger partial charge in [0.25, 0.3) is 5.90 Å². The molecule has 7 nitrogen and oxygen atoms in total. The third-order valence-electron chi connectivity index (χ3n) is 4.18. The van der Waals surface area contributed by atoms with Gasteiger partial charge in [-0.05, 0) is 60.2 Å². The topological polar surface area (TPSA) is 87.3 Å². The van der Waals surface area contributed by atoms with E-state index in [1.54, 1.807) is 30.3 Å². The minimum atomic E-state index is -0.639. The predicted molar refractivity (Wildman–Crippen MR) is 114 cm³/mol. The highest BCUT2D eigenvalue weighted by Crippen LogP contribution is 2.38. The van der Waals surface area contributed by atoms with Crippen molar-refractivity contribution in [2.24, 2.45) is 4.99 Å². The van der Waals surface area contributed by atoms with Crippen LogP contribution in [0.5, 0.6) is 11.5 Å². The standard InChI is InChI=1S/C22H13Cl2NO6/c1-28-18-11-12(10-16-22(27)31-20(25-16)17-3-2-8-29-17)9-15(24)19(18)30-21(26)13-4-6-14(23)7-5-13/h2-11H,1H3/b16-10-. The van der Waals surface area contributed by atoms with Crippen LogP contribution >= 0.6 is 23.2 Å². The van der Waals surface area contributed by atoms with Crippen molar-refractivity contribution in [2.75, 3.05) is 7.11 Å². The molecule has 0 saturated carbocycles. The Morgan fingerprint density at radius 3 is 2.58 bits per heavy atom. The third-order valence-corrected chi connectivity index (χ3v) is 4.72. The summed E-state index contributed by atoms with van der Waals surface area (Å²) in [4.78, 5) is 28.7. The summed E-state index contributed by atoms with van der Waals surface area (Å²) in [6.45, 7) is 0. The number of ether oxygens (including phenoxy) is 3. The molecule has 0 aliphatic carbocycles. The number of nitrogens with zero attached hydrogens (tertiary/aromatic N) is 1. The molecule has 31 heavy (non-hydrogen) atoms. The van der Waals surface area contributed by atoms with Crippen molar-refractivity contribution < 1.29 is 28.2 Å². The number of hydrogen-bond donors (Lipinski definition) is 0. The van der Waals surface area contributed by atoms with Gasteiger partial charge >= 0.3 is 11.9 Å². The number of furan rings is 1. The van der Waals surface area contributed by atoms with Crippen LogP contribution in [0.25, 0.3) is 6.08 Å². The maximum absolute atomic E-state index is 12.4. The van der Waals surface area contributed by atoms with Crippen molar-refractivity contribution in [1.29, 1.82) is 0 Å². The number of rotatable bonds is 5. The number of aliphatic imine (C=N–C) groups is 1. The molecule has 3 aromatic rings. The molecule has 1 aromatic heterocycles. The van der Waals surface area contributed by atoms with Gasteiger partial charge in [0, 0.05) is 5.02 Å². The van der Waals surface area contributed by atoms with E-state index in [0.29, 0.717) is 21.9 Å². The van der Waals surface area contributed by atoms with Gasteiger partial charge in [-0.2, -0.15) is 0 Å². The van der Waals surface area contributed by atoms with Crippen LogP contribution in [0, 0.1) is 0 Å². The van der Waals surface area contributed by atoms with Crippen molar-refractivity contribution in [2.45, 2.75) is 0 Å². The molecule has 1 aliphatic rings. The van der Waals surface area contributed by atoms with Crippen LogP contribution in [0.2, 0.25) is 10.0 Å². The average Bonchev–Trinajstić information content (AvgIpc) is 3.40. The van der Waals surface area contributed by atoms with E-state index >= 15 is 0 Å². The number of methoxy groups -OCH3 is 1. The number of esters is 2. The summed E-state index contributed by atoms with van der Waals surface area (Å²) in [7, 11) is 1.40. The zero-order chi connectivity index (χ0) is 22.0. The van der Waals surface area contributed by atoms with Crippen molar-refractivity contribution >= 4 is 47.1 Å². The molecule has 0 unspecified atom stereocenters. The van der Waals surface area contributed by atoms with Crippen LogP contribution in [0.4, 0.5) is 0 Å². The third kappa shape index (κ3) is 4.47. The maximum atomic E-state index is 12.4. The van der Waals surface area contributed by atoms with E-state index in [1.165, 1.54) is 37.6 Å². The lowest BCUT2D eigenvalue weighted by atomic mass is 10.1. The molecule has 4 rings (SSSR count). The van der Waals surface area contributed by atoms with Gasteiger partial charge in [-0.15, -0.1) is 0 Å². The Labute approximate surface area is 186 Å². The maximum Gasteiger partial charge on any atom is 0.363 e. The van der Waals surface area contributed by atoms with Crippen molar-refractivity contribution in [3.05, 3.63) is 87.4 Å². The Morgan fingerprint density at radius 2 is 1.90 bits per heavy atom. The number of cyclic esters (lactones) is 1. The minimum absolute atomic E-state index is 0.0417. The van der Waals surface area contributed by atoms with Crippen LogP contribution in [0.1, 0.15) is 21.7 Å². The highest BCUT2D eigenvalue weighted by atomic mass is 35.5. The fraction of sp³-hybridized carbons (Fsp3) is 0.0455. The minimum Gasteiger partial charge on any atom is -0.493 e. The molecule has 0 N–H and O–H groups in total. The normalized spacial score (nSPS) is 14.4. The number of hydrogen-bond acceptors (Lipinski definition) is 7. The number of carbonyl (C=O) groups is 2. The lowest BCUT2D eigenvalue weighted by Gasteiger charge is -2.12. The van der Waals surface area contributed by atoms with E-state index in [4.69, 9.17) is 41.8 Å². The van der Waals surface area contributed by atoms with Gasteiger partial charge in [0.05, 0.1) is 24.0 Å². The van der Waals surface area contributed by atoms with Crippen LogP contribution in [-0.2, 0) is 9.53 Å². The fourth-order valence-corrected chi connectivity index (χ4v) is 3.12. The fourth-order valence-electron chi connectivity index (χ4n) is 2.73. The van der Waals surface area contributed by atoms with Crippen molar-refractivity contribution in [3.63, 3.8) is 0 Å². The van der Waals surface area contributed by atoms with Crippen molar-refractivity contribution in [3.8, 4) is 11.5 Å². The molecule has 156 valence electrons. The summed E-state index contributed by atoms with van der Waals surface area (Å²) in [6.07, 6.45) is 2.92. The highest BCUT2D eigenvalue weighted by molar-refractivity contribution is 6.32. The number of benzene rings is 2. The molecule has 0 amide bonds. The number of carbonyl (C=O) groups excluding carboxylic acids is 2. The summed E-state index contributed by atoms with van der Waals surface area (Å²) in [5.74, 6) is -0.636. The van der Waals surface area contributed by atoms with Gasteiger partial charge in [0.15, 0.2) is 23.0 Å². The average molecular weight is 458 g/mol. The first-order valence-corrected chi connectivity index (χ1v) is 9.62. The van der Waals surface area contributed by atoms with Crippen molar-refractivity contribution in [1.82, 2.24) is 0 Å². The largest absolute Gasteiger partial charge is 0.493 e. The van der Waals surface area contributed by atoms with Crippen LogP contribution in [0.15, 0.2) is 69.9 Å². The van der Waals surface area contributed by atoms with Gasteiger partial charge in [-0.3, -0.25) is 0 Å². The van der Waals surface area contributed by atoms with E-state index in [0.717, 1.165) is 0 Å². The van der Waals surface area contributed by atoms with Crippen LogP contribution in [-0.4, -0.2) is 24.9 Å². The Bertz CT molecular complexity index is 1210. The van der Waals surface area contributed by atoms with E-state index in [9.17, 15) is 9.59 Å². The van der Waals surface area contributed by atoms with Crippen LogP contribution < -0.4 is 9.47 Å². The van der Waals surface area contributed by atoms with Gasteiger partial charge in [0.1, 0.15) is 0 Å². The smallest absolute Gasteiger partial charge is 0.363 e. The monoisotopic (exact) mass is 457 g/mol. The predicted octanol–water partition coefficient (Wildman–Crippen LogP) is 5.16. The van der Waals surface area contributed by atoms with E-state index in [-0.39, 0.29) is 28.1 Å². The first-order chi connectivity index (χ1) is 14.9. The number of halogens is 2. The Kier molecular flexibility index (Phi) is 5.79. The van der Waals surface area contributed by atoms with E-state index < -0.39 is 11.9 Å². The Hall–Kier alpha value is -3.55. The molecule has 2 aromatic carbocycles. The van der Waals surface area contributed by atoms with Crippen LogP contribution in [0.3, 0.4) is 0 Å². The molecule has 1 aliphatic heterocycles. The second-order valence-electron chi connectivity index (χ2n) is 6.24. The second kappa shape index (κ2) is 8.67.